The summed E-state index contributed by atoms with van der Waals surface area (Å²) >= 11 is 0. The molecular formula is C19H16N6O. The molecule has 4 rings (SSSR count). The molecule has 1 amide bonds. The van der Waals surface area contributed by atoms with Crippen LogP contribution in [0.15, 0.2) is 79.5 Å². The Morgan fingerprint density at radius 3 is 2.77 bits per heavy atom. The van der Waals surface area contributed by atoms with Gasteiger partial charge in [-0.1, -0.05) is 41.6 Å². The monoisotopic (exact) mass is 344 g/mol. The minimum Gasteiger partial charge on any atom is -0.306 e. The molecule has 0 bridgehead atoms. The highest BCUT2D eigenvalue weighted by Crippen LogP contribution is 2.12. The van der Waals surface area contributed by atoms with Crippen molar-refractivity contribution in [3.63, 3.8) is 0 Å². The van der Waals surface area contributed by atoms with Crippen LogP contribution in [0.1, 0.15) is 15.9 Å². The Morgan fingerprint density at radius 1 is 1.08 bits per heavy atom. The highest BCUT2D eigenvalue weighted by atomic mass is 16.1. The Balaban J connectivity index is 1.46. The van der Waals surface area contributed by atoms with Gasteiger partial charge in [-0.2, -0.15) is 0 Å². The van der Waals surface area contributed by atoms with Crippen LogP contribution in [0.2, 0.25) is 0 Å². The first-order valence-electron chi connectivity index (χ1n) is 8.12. The van der Waals surface area contributed by atoms with Crippen LogP contribution < -0.4 is 5.32 Å². The number of rotatable bonds is 5. The molecule has 0 radical (unpaired) electrons. The molecule has 0 spiro atoms. The standard InChI is InChI=1S/C19H16N6O/c26-19(16-7-4-8-17(11-16)24-10-9-20-14-24)21-18-13-25(23-22-18)12-15-5-2-1-3-6-15/h1-11,13-14H,12H2,(H,21,26). The van der Waals surface area contributed by atoms with E-state index in [1.54, 1.807) is 35.5 Å². The molecule has 7 heteroatoms. The summed E-state index contributed by atoms with van der Waals surface area (Å²) in [6.45, 7) is 0.597. The maximum atomic E-state index is 12.5. The fraction of sp³-hybridized carbons (Fsp3) is 0.0526. The molecule has 0 aliphatic heterocycles. The van der Waals surface area contributed by atoms with E-state index in [0.717, 1.165) is 11.3 Å². The number of benzene rings is 2. The van der Waals surface area contributed by atoms with Gasteiger partial charge in [0, 0.05) is 23.6 Å². The zero-order valence-electron chi connectivity index (χ0n) is 13.9. The van der Waals surface area contributed by atoms with Crippen molar-refractivity contribution in [1.82, 2.24) is 24.5 Å². The van der Waals surface area contributed by atoms with Crippen molar-refractivity contribution in [2.24, 2.45) is 0 Å². The van der Waals surface area contributed by atoms with Gasteiger partial charge in [0.2, 0.25) is 0 Å². The average molecular weight is 344 g/mol. The largest absolute Gasteiger partial charge is 0.306 e. The summed E-state index contributed by atoms with van der Waals surface area (Å²) in [7, 11) is 0. The summed E-state index contributed by atoms with van der Waals surface area (Å²) in [6, 6.07) is 17.2. The van der Waals surface area contributed by atoms with Gasteiger partial charge >= 0.3 is 0 Å². The lowest BCUT2D eigenvalue weighted by atomic mass is 10.2. The van der Waals surface area contributed by atoms with Gasteiger partial charge < -0.3 is 9.88 Å². The van der Waals surface area contributed by atoms with Crippen molar-refractivity contribution in [1.29, 1.82) is 0 Å². The van der Waals surface area contributed by atoms with E-state index in [1.165, 1.54) is 0 Å². The van der Waals surface area contributed by atoms with Crippen LogP contribution in [-0.4, -0.2) is 30.5 Å². The predicted octanol–water partition coefficient (Wildman–Crippen LogP) is 2.76. The number of nitrogens with zero attached hydrogens (tertiary/aromatic N) is 5. The first-order valence-corrected chi connectivity index (χ1v) is 8.12. The molecule has 2 aromatic heterocycles. The maximum Gasteiger partial charge on any atom is 0.256 e. The lowest BCUT2D eigenvalue weighted by molar-refractivity contribution is 0.102. The van der Waals surface area contributed by atoms with E-state index in [9.17, 15) is 4.79 Å². The minimum atomic E-state index is -0.237. The van der Waals surface area contributed by atoms with Gasteiger partial charge in [-0.05, 0) is 23.8 Å². The van der Waals surface area contributed by atoms with E-state index in [-0.39, 0.29) is 5.91 Å². The Bertz CT molecular complexity index is 1010. The molecule has 1 N–H and O–H groups in total. The molecule has 0 aliphatic rings. The van der Waals surface area contributed by atoms with Crippen LogP contribution in [-0.2, 0) is 6.54 Å². The van der Waals surface area contributed by atoms with Gasteiger partial charge in [-0.3, -0.25) is 4.79 Å². The van der Waals surface area contributed by atoms with E-state index < -0.39 is 0 Å². The van der Waals surface area contributed by atoms with Gasteiger partial charge in [0.15, 0.2) is 5.82 Å². The molecule has 0 unspecified atom stereocenters. The molecule has 0 aliphatic carbocycles. The molecule has 4 aromatic rings. The molecule has 0 saturated heterocycles. The first kappa shape index (κ1) is 15.8. The third-order valence-corrected chi connectivity index (χ3v) is 3.88. The van der Waals surface area contributed by atoms with E-state index in [1.807, 2.05) is 53.2 Å². The number of hydrogen-bond acceptors (Lipinski definition) is 4. The zero-order chi connectivity index (χ0) is 17.8. The Morgan fingerprint density at radius 2 is 1.96 bits per heavy atom. The first-order chi connectivity index (χ1) is 12.8. The van der Waals surface area contributed by atoms with Gasteiger partial charge in [0.05, 0.1) is 19.1 Å². The summed E-state index contributed by atoms with van der Waals surface area (Å²) in [5.74, 6) is 0.178. The number of nitrogens with one attached hydrogen (secondary N) is 1. The van der Waals surface area contributed by atoms with E-state index in [4.69, 9.17) is 0 Å². The second-order valence-corrected chi connectivity index (χ2v) is 5.76. The summed E-state index contributed by atoms with van der Waals surface area (Å²) < 4.78 is 3.53. The van der Waals surface area contributed by atoms with Crippen molar-refractivity contribution in [2.75, 3.05) is 5.32 Å². The highest BCUT2D eigenvalue weighted by molar-refractivity contribution is 6.04. The fourth-order valence-electron chi connectivity index (χ4n) is 2.61. The third kappa shape index (κ3) is 3.51. The van der Waals surface area contributed by atoms with E-state index in [2.05, 4.69) is 20.6 Å². The Kier molecular flexibility index (Phi) is 4.26. The topological polar surface area (TPSA) is 77.6 Å². The Hall–Kier alpha value is -3.74. The molecule has 26 heavy (non-hydrogen) atoms. The van der Waals surface area contributed by atoms with Crippen LogP contribution in [0.4, 0.5) is 5.82 Å². The number of carbonyl (C=O) groups is 1. The van der Waals surface area contributed by atoms with Crippen LogP contribution in [0.5, 0.6) is 0 Å². The number of aromatic nitrogens is 5. The molecule has 128 valence electrons. The van der Waals surface area contributed by atoms with Crippen molar-refractivity contribution in [3.8, 4) is 5.69 Å². The second kappa shape index (κ2) is 7.02. The zero-order valence-corrected chi connectivity index (χ0v) is 13.9. The Labute approximate surface area is 149 Å². The van der Waals surface area contributed by atoms with Crippen molar-refractivity contribution < 1.29 is 4.79 Å². The third-order valence-electron chi connectivity index (χ3n) is 3.88. The van der Waals surface area contributed by atoms with Crippen molar-refractivity contribution in [3.05, 3.63) is 90.6 Å². The number of anilines is 1. The summed E-state index contributed by atoms with van der Waals surface area (Å²) in [5.41, 5.74) is 2.51. The highest BCUT2D eigenvalue weighted by Gasteiger charge is 2.10. The van der Waals surface area contributed by atoms with Crippen molar-refractivity contribution in [2.45, 2.75) is 6.54 Å². The minimum absolute atomic E-state index is 0.237. The summed E-state index contributed by atoms with van der Waals surface area (Å²) in [5, 5.41) is 10.9. The number of hydrogen-bond donors (Lipinski definition) is 1. The molecule has 0 atom stereocenters. The summed E-state index contributed by atoms with van der Waals surface area (Å²) in [4.78, 5) is 16.5. The molecule has 2 aromatic carbocycles. The smallest absolute Gasteiger partial charge is 0.256 e. The number of amides is 1. The van der Waals surface area contributed by atoms with Gasteiger partial charge in [0.1, 0.15) is 0 Å². The fourth-order valence-corrected chi connectivity index (χ4v) is 2.61. The summed E-state index contributed by atoms with van der Waals surface area (Å²) in [6.07, 6.45) is 6.92. The number of imidazole rings is 1. The van der Waals surface area contributed by atoms with Crippen LogP contribution >= 0.6 is 0 Å². The maximum absolute atomic E-state index is 12.5. The van der Waals surface area contributed by atoms with Crippen LogP contribution in [0.25, 0.3) is 5.69 Å². The van der Waals surface area contributed by atoms with Crippen LogP contribution in [0.3, 0.4) is 0 Å². The normalized spacial score (nSPS) is 10.6. The van der Waals surface area contributed by atoms with Gasteiger partial charge in [-0.25, -0.2) is 9.67 Å². The van der Waals surface area contributed by atoms with Crippen LogP contribution in [0, 0.1) is 0 Å². The molecular weight excluding hydrogens is 328 g/mol. The van der Waals surface area contributed by atoms with Gasteiger partial charge in [0.25, 0.3) is 5.91 Å². The van der Waals surface area contributed by atoms with Gasteiger partial charge in [-0.15, -0.1) is 5.10 Å². The molecule has 7 nitrogen and oxygen atoms in total. The predicted molar refractivity (Wildman–Crippen MR) is 97.1 cm³/mol. The van der Waals surface area contributed by atoms with E-state index in [0.29, 0.717) is 17.9 Å². The second-order valence-electron chi connectivity index (χ2n) is 5.76. The lowest BCUT2D eigenvalue weighted by Crippen LogP contribution is -2.12. The molecule has 0 saturated carbocycles. The molecule has 0 fully saturated rings. The quantitative estimate of drug-likeness (QED) is 0.604. The SMILES string of the molecule is O=C(Nc1cn(Cc2ccccc2)nn1)c1cccc(-n2ccnc2)c1. The molecule has 2 heterocycles. The van der Waals surface area contributed by atoms with E-state index >= 15 is 0 Å². The lowest BCUT2D eigenvalue weighted by Gasteiger charge is -2.05. The number of carbonyl (C=O) groups excluding carboxylic acids is 1. The van der Waals surface area contributed by atoms with Crippen molar-refractivity contribution >= 4 is 11.7 Å². The average Bonchev–Trinajstić information content (AvgIpc) is 3.35.